The molecular formula is C21H19N3O4S2. The van der Waals surface area contributed by atoms with Crippen LogP contribution < -0.4 is 5.32 Å². The second-order valence-corrected chi connectivity index (χ2v) is 9.93. The van der Waals surface area contributed by atoms with Gasteiger partial charge in [0.05, 0.1) is 21.7 Å². The third-order valence-electron chi connectivity index (χ3n) is 4.46. The summed E-state index contributed by atoms with van der Waals surface area (Å²) in [5.74, 6) is 0.831. The number of aromatic nitrogens is 1. The standard InChI is InChI=1S/C21H19N3O4S2/c1-24(2)30(26,27)16-7-5-6-14(12-16)20(25)22-13-15-10-11-18(28-15)21-23-17-8-3-4-9-19(17)29-21/h3-12H,13H2,1-2H3,(H,22,25). The monoisotopic (exact) mass is 441 g/mol. The maximum atomic E-state index is 12.5. The number of carbonyl (C=O) groups is 1. The van der Waals surface area contributed by atoms with E-state index in [0.29, 0.717) is 11.5 Å². The number of sulfonamides is 1. The molecule has 2 heterocycles. The Morgan fingerprint density at radius 2 is 1.90 bits per heavy atom. The largest absolute Gasteiger partial charge is 0.457 e. The molecule has 0 aliphatic heterocycles. The van der Waals surface area contributed by atoms with Crippen molar-refractivity contribution < 1.29 is 17.6 Å². The van der Waals surface area contributed by atoms with Crippen LogP contribution in [0.3, 0.4) is 0 Å². The fourth-order valence-electron chi connectivity index (χ4n) is 2.84. The number of amides is 1. The van der Waals surface area contributed by atoms with Crippen molar-refractivity contribution in [3.8, 4) is 10.8 Å². The predicted octanol–water partition coefficient (Wildman–Crippen LogP) is 3.74. The maximum Gasteiger partial charge on any atom is 0.251 e. The van der Waals surface area contributed by atoms with E-state index in [0.717, 1.165) is 19.5 Å². The van der Waals surface area contributed by atoms with Gasteiger partial charge >= 0.3 is 0 Å². The molecule has 154 valence electrons. The lowest BCUT2D eigenvalue weighted by Gasteiger charge is -2.12. The molecule has 0 fully saturated rings. The fraction of sp³-hybridized carbons (Fsp3) is 0.143. The second kappa shape index (κ2) is 8.02. The smallest absolute Gasteiger partial charge is 0.251 e. The molecule has 9 heteroatoms. The van der Waals surface area contributed by atoms with Crippen molar-refractivity contribution in [3.05, 3.63) is 72.0 Å². The Morgan fingerprint density at radius 1 is 1.10 bits per heavy atom. The topological polar surface area (TPSA) is 92.5 Å². The van der Waals surface area contributed by atoms with Crippen LogP contribution in [0.1, 0.15) is 16.1 Å². The average Bonchev–Trinajstić information content (AvgIpc) is 3.38. The molecule has 1 amide bonds. The van der Waals surface area contributed by atoms with Crippen LogP contribution >= 0.6 is 11.3 Å². The molecule has 4 aromatic rings. The van der Waals surface area contributed by atoms with Gasteiger partial charge in [-0.05, 0) is 42.5 Å². The summed E-state index contributed by atoms with van der Waals surface area (Å²) in [6.45, 7) is 0.175. The molecule has 7 nitrogen and oxygen atoms in total. The number of nitrogens with one attached hydrogen (secondary N) is 1. The van der Waals surface area contributed by atoms with E-state index in [4.69, 9.17) is 4.42 Å². The molecule has 4 rings (SSSR count). The van der Waals surface area contributed by atoms with Gasteiger partial charge in [-0.15, -0.1) is 11.3 Å². The Bertz CT molecular complexity index is 1290. The van der Waals surface area contributed by atoms with Crippen LogP contribution in [0.5, 0.6) is 0 Å². The summed E-state index contributed by atoms with van der Waals surface area (Å²) in [6.07, 6.45) is 0. The molecule has 0 aliphatic rings. The lowest BCUT2D eigenvalue weighted by molar-refractivity contribution is 0.0948. The first kappa shape index (κ1) is 20.3. The van der Waals surface area contributed by atoms with E-state index in [1.807, 2.05) is 30.3 Å². The molecule has 30 heavy (non-hydrogen) atoms. The lowest BCUT2D eigenvalue weighted by Crippen LogP contribution is -2.25. The summed E-state index contributed by atoms with van der Waals surface area (Å²) in [6, 6.07) is 17.4. The Labute approximate surface area is 178 Å². The molecule has 0 unspecified atom stereocenters. The van der Waals surface area contributed by atoms with E-state index in [-0.39, 0.29) is 22.9 Å². The van der Waals surface area contributed by atoms with Crippen molar-refractivity contribution in [1.29, 1.82) is 0 Å². The average molecular weight is 442 g/mol. The van der Waals surface area contributed by atoms with Gasteiger partial charge in [-0.3, -0.25) is 4.79 Å². The molecule has 0 atom stereocenters. The van der Waals surface area contributed by atoms with Crippen molar-refractivity contribution in [2.75, 3.05) is 14.1 Å². The number of fused-ring (bicyclic) bond motifs is 1. The highest BCUT2D eigenvalue weighted by atomic mass is 32.2. The summed E-state index contributed by atoms with van der Waals surface area (Å²) >= 11 is 1.54. The maximum absolute atomic E-state index is 12.5. The van der Waals surface area contributed by atoms with Crippen molar-refractivity contribution in [2.24, 2.45) is 0 Å². The number of benzene rings is 2. The van der Waals surface area contributed by atoms with Gasteiger partial charge < -0.3 is 9.73 Å². The van der Waals surface area contributed by atoms with Gasteiger partial charge in [0.25, 0.3) is 5.91 Å². The number of carbonyl (C=O) groups excluding carboxylic acids is 1. The summed E-state index contributed by atoms with van der Waals surface area (Å²) in [4.78, 5) is 17.1. The Kier molecular flexibility index (Phi) is 5.42. The van der Waals surface area contributed by atoms with Gasteiger partial charge in [-0.25, -0.2) is 17.7 Å². The van der Waals surface area contributed by atoms with E-state index in [9.17, 15) is 13.2 Å². The van der Waals surface area contributed by atoms with Crippen LogP contribution in [0.15, 0.2) is 70.0 Å². The van der Waals surface area contributed by atoms with E-state index in [2.05, 4.69) is 10.3 Å². The minimum Gasteiger partial charge on any atom is -0.457 e. The van der Waals surface area contributed by atoms with E-state index in [1.54, 1.807) is 18.2 Å². The summed E-state index contributed by atoms with van der Waals surface area (Å²) in [7, 11) is -0.717. The molecule has 0 saturated carbocycles. The summed E-state index contributed by atoms with van der Waals surface area (Å²) in [5.41, 5.74) is 1.17. The summed E-state index contributed by atoms with van der Waals surface area (Å²) < 4.78 is 32.5. The molecule has 2 aromatic heterocycles. The number of furan rings is 1. The Balaban J connectivity index is 1.46. The first-order valence-corrected chi connectivity index (χ1v) is 11.4. The van der Waals surface area contributed by atoms with Crippen LogP contribution in [-0.2, 0) is 16.6 Å². The fourth-order valence-corrected chi connectivity index (χ4v) is 4.72. The van der Waals surface area contributed by atoms with Gasteiger partial charge in [0.2, 0.25) is 10.0 Å². The molecule has 0 aliphatic carbocycles. The highest BCUT2D eigenvalue weighted by Crippen LogP contribution is 2.31. The normalized spacial score (nSPS) is 11.8. The third-order valence-corrected chi connectivity index (χ3v) is 7.33. The van der Waals surface area contributed by atoms with Crippen molar-refractivity contribution in [3.63, 3.8) is 0 Å². The first-order valence-electron chi connectivity index (χ1n) is 9.10. The predicted molar refractivity (Wildman–Crippen MR) is 116 cm³/mol. The molecule has 2 aromatic carbocycles. The molecule has 0 spiro atoms. The minimum absolute atomic E-state index is 0.0660. The van der Waals surface area contributed by atoms with Crippen LogP contribution in [-0.4, -0.2) is 37.7 Å². The number of hydrogen-bond acceptors (Lipinski definition) is 6. The molecular weight excluding hydrogens is 422 g/mol. The SMILES string of the molecule is CN(C)S(=O)(=O)c1cccc(C(=O)NCc2ccc(-c3nc4ccccc4s3)o2)c1. The van der Waals surface area contributed by atoms with Gasteiger partial charge in [0, 0.05) is 19.7 Å². The molecule has 0 saturated heterocycles. The zero-order valence-corrected chi connectivity index (χ0v) is 18.0. The zero-order chi connectivity index (χ0) is 21.3. The van der Waals surface area contributed by atoms with Crippen LogP contribution in [0.2, 0.25) is 0 Å². The molecule has 0 radical (unpaired) electrons. The first-order chi connectivity index (χ1) is 14.3. The lowest BCUT2D eigenvalue weighted by atomic mass is 10.2. The zero-order valence-electron chi connectivity index (χ0n) is 16.3. The van der Waals surface area contributed by atoms with Gasteiger partial charge in [0.1, 0.15) is 5.76 Å². The van der Waals surface area contributed by atoms with E-state index in [1.165, 1.54) is 37.6 Å². The summed E-state index contributed by atoms with van der Waals surface area (Å²) in [5, 5.41) is 3.53. The quantitative estimate of drug-likeness (QED) is 0.492. The van der Waals surface area contributed by atoms with Crippen molar-refractivity contribution >= 4 is 37.5 Å². The van der Waals surface area contributed by atoms with E-state index >= 15 is 0 Å². The Morgan fingerprint density at radius 3 is 2.67 bits per heavy atom. The van der Waals surface area contributed by atoms with Crippen LogP contribution in [0, 0.1) is 0 Å². The number of nitrogens with zero attached hydrogens (tertiary/aromatic N) is 2. The highest BCUT2D eigenvalue weighted by Gasteiger charge is 2.19. The Hall–Kier alpha value is -3.01. The molecule has 1 N–H and O–H groups in total. The highest BCUT2D eigenvalue weighted by molar-refractivity contribution is 7.89. The van der Waals surface area contributed by atoms with Gasteiger partial charge in [-0.1, -0.05) is 18.2 Å². The molecule has 0 bridgehead atoms. The minimum atomic E-state index is -3.61. The number of thiazole rings is 1. The van der Waals surface area contributed by atoms with Gasteiger partial charge in [-0.2, -0.15) is 0 Å². The van der Waals surface area contributed by atoms with Crippen LogP contribution in [0.4, 0.5) is 0 Å². The number of para-hydroxylation sites is 1. The number of hydrogen-bond donors (Lipinski definition) is 1. The second-order valence-electron chi connectivity index (χ2n) is 6.75. The van der Waals surface area contributed by atoms with Crippen LogP contribution in [0.25, 0.3) is 21.0 Å². The van der Waals surface area contributed by atoms with Crippen molar-refractivity contribution in [1.82, 2.24) is 14.6 Å². The van der Waals surface area contributed by atoms with Crippen molar-refractivity contribution in [2.45, 2.75) is 11.4 Å². The van der Waals surface area contributed by atoms with Gasteiger partial charge in [0.15, 0.2) is 10.8 Å². The third kappa shape index (κ3) is 4.00. The van der Waals surface area contributed by atoms with E-state index < -0.39 is 10.0 Å². The number of rotatable bonds is 6.